The molecule has 8 nitrogen and oxygen atoms in total. The Labute approximate surface area is 172 Å². The summed E-state index contributed by atoms with van der Waals surface area (Å²) in [4.78, 5) is 18.1. The summed E-state index contributed by atoms with van der Waals surface area (Å²) in [5, 5.41) is 3.31. The van der Waals surface area contributed by atoms with Gasteiger partial charge in [0.1, 0.15) is 5.82 Å². The first-order chi connectivity index (χ1) is 14.2. The molecule has 2 fully saturated rings. The van der Waals surface area contributed by atoms with Gasteiger partial charge in [-0.1, -0.05) is 25.1 Å². The summed E-state index contributed by atoms with van der Waals surface area (Å²) in [6.45, 7) is 8.89. The molecule has 1 aromatic carbocycles. The average molecular weight is 398 g/mol. The number of ether oxygens (including phenoxy) is 1. The van der Waals surface area contributed by atoms with Crippen molar-refractivity contribution < 1.29 is 4.74 Å². The highest BCUT2D eigenvalue weighted by atomic mass is 16.5. The van der Waals surface area contributed by atoms with Gasteiger partial charge in [0.15, 0.2) is 0 Å². The molecule has 0 unspecified atom stereocenters. The molecule has 0 spiro atoms. The van der Waals surface area contributed by atoms with Crippen LogP contribution < -0.4 is 11.1 Å². The van der Waals surface area contributed by atoms with E-state index < -0.39 is 0 Å². The first kappa shape index (κ1) is 20.0. The fourth-order valence-electron chi connectivity index (χ4n) is 4.04. The largest absolute Gasteiger partial charge is 0.377 e. The van der Waals surface area contributed by atoms with E-state index in [9.17, 15) is 0 Å². The Morgan fingerprint density at radius 3 is 2.66 bits per heavy atom. The zero-order valence-electron chi connectivity index (χ0n) is 17.2. The zero-order chi connectivity index (χ0) is 20.1. The fourth-order valence-corrected chi connectivity index (χ4v) is 4.04. The number of benzene rings is 1. The molecule has 1 atom stereocenters. The first-order valence-corrected chi connectivity index (χ1v) is 10.6. The third-order valence-corrected chi connectivity index (χ3v) is 5.66. The number of piperazine rings is 1. The lowest BCUT2D eigenvalue weighted by Gasteiger charge is -2.35. The van der Waals surface area contributed by atoms with E-state index in [1.165, 1.54) is 18.4 Å². The van der Waals surface area contributed by atoms with E-state index in [1.54, 1.807) is 0 Å². The van der Waals surface area contributed by atoms with Crippen LogP contribution in [0.15, 0.2) is 24.3 Å². The monoisotopic (exact) mass is 397 g/mol. The number of nitrogens with zero attached hydrogens (tertiary/aromatic N) is 5. The van der Waals surface area contributed by atoms with Gasteiger partial charge >= 0.3 is 0 Å². The Bertz CT molecular complexity index is 801. The van der Waals surface area contributed by atoms with Crippen LogP contribution in [0.1, 0.15) is 31.2 Å². The van der Waals surface area contributed by atoms with Crippen molar-refractivity contribution in [2.75, 3.05) is 50.4 Å². The molecule has 2 aliphatic heterocycles. The molecular formula is C21H31N7O. The number of aryl methyl sites for hydroxylation is 1. The highest BCUT2D eigenvalue weighted by molar-refractivity contribution is 5.58. The van der Waals surface area contributed by atoms with Gasteiger partial charge < -0.3 is 15.8 Å². The second-order valence-corrected chi connectivity index (χ2v) is 7.78. The van der Waals surface area contributed by atoms with Gasteiger partial charge in [0.05, 0.1) is 12.6 Å². The molecule has 8 heteroatoms. The minimum absolute atomic E-state index is 0.253. The molecule has 2 aliphatic rings. The molecule has 29 heavy (non-hydrogen) atoms. The van der Waals surface area contributed by atoms with Crippen LogP contribution in [0.3, 0.4) is 0 Å². The third kappa shape index (κ3) is 5.41. The molecule has 0 bridgehead atoms. The summed E-state index contributed by atoms with van der Waals surface area (Å²) >= 11 is 0. The minimum Gasteiger partial charge on any atom is -0.377 e. The van der Waals surface area contributed by atoms with Gasteiger partial charge in [-0.15, -0.1) is 0 Å². The number of hydrogen-bond donors (Lipinski definition) is 2. The Balaban J connectivity index is 1.34. The minimum atomic E-state index is 0.253. The molecule has 4 rings (SSSR count). The average Bonchev–Trinajstić information content (AvgIpc) is 3.22. The van der Waals surface area contributed by atoms with Crippen molar-refractivity contribution in [2.24, 2.45) is 0 Å². The Hall–Kier alpha value is -2.29. The molecule has 0 radical (unpaired) electrons. The van der Waals surface area contributed by atoms with E-state index in [4.69, 9.17) is 10.5 Å². The number of nitrogens with one attached hydrogen (secondary N) is 1. The van der Waals surface area contributed by atoms with Gasteiger partial charge in [-0.3, -0.25) is 9.80 Å². The second kappa shape index (κ2) is 9.47. The maximum absolute atomic E-state index is 5.96. The van der Waals surface area contributed by atoms with Gasteiger partial charge in [-0.2, -0.15) is 15.0 Å². The highest BCUT2D eigenvalue weighted by Gasteiger charge is 2.23. The highest BCUT2D eigenvalue weighted by Crippen LogP contribution is 2.20. The summed E-state index contributed by atoms with van der Waals surface area (Å²) in [6.07, 6.45) is 3.75. The lowest BCUT2D eigenvalue weighted by atomic mass is 10.1. The maximum Gasteiger partial charge on any atom is 0.232 e. The lowest BCUT2D eigenvalue weighted by Crippen LogP contribution is -2.48. The molecule has 156 valence electrons. The fraction of sp³-hybridized carbons (Fsp3) is 0.571. The van der Waals surface area contributed by atoms with Crippen molar-refractivity contribution in [2.45, 2.75) is 38.8 Å². The zero-order valence-corrected chi connectivity index (χ0v) is 17.2. The van der Waals surface area contributed by atoms with Crippen molar-refractivity contribution in [3.8, 4) is 0 Å². The van der Waals surface area contributed by atoms with Crippen LogP contribution in [0.25, 0.3) is 0 Å². The van der Waals surface area contributed by atoms with Crippen molar-refractivity contribution in [3.05, 3.63) is 35.7 Å². The summed E-state index contributed by atoms with van der Waals surface area (Å²) in [5.74, 6) is 1.47. The molecule has 2 saturated heterocycles. The van der Waals surface area contributed by atoms with E-state index in [0.717, 1.165) is 51.4 Å². The summed E-state index contributed by atoms with van der Waals surface area (Å²) in [5.41, 5.74) is 8.19. The van der Waals surface area contributed by atoms with Crippen LogP contribution in [-0.4, -0.2) is 70.2 Å². The van der Waals surface area contributed by atoms with Gasteiger partial charge in [0.25, 0.3) is 0 Å². The molecule has 0 amide bonds. The summed E-state index contributed by atoms with van der Waals surface area (Å²) < 4.78 is 5.77. The lowest BCUT2D eigenvalue weighted by molar-refractivity contribution is 0.0484. The predicted octanol–water partition coefficient (Wildman–Crippen LogP) is 2.06. The van der Waals surface area contributed by atoms with Crippen LogP contribution in [0.2, 0.25) is 0 Å². The predicted molar refractivity (Wildman–Crippen MR) is 114 cm³/mol. The van der Waals surface area contributed by atoms with E-state index in [0.29, 0.717) is 24.4 Å². The van der Waals surface area contributed by atoms with E-state index in [1.807, 2.05) is 18.2 Å². The molecule has 1 aromatic heterocycles. The number of hydrogen-bond acceptors (Lipinski definition) is 8. The molecule has 3 N–H and O–H groups in total. The van der Waals surface area contributed by atoms with Gasteiger partial charge in [-0.25, -0.2) is 0 Å². The maximum atomic E-state index is 5.96. The van der Waals surface area contributed by atoms with Crippen molar-refractivity contribution in [1.82, 2.24) is 24.8 Å². The number of aromatic nitrogens is 3. The summed E-state index contributed by atoms with van der Waals surface area (Å²) in [6, 6.07) is 8.18. The molecule has 2 aromatic rings. The second-order valence-electron chi connectivity index (χ2n) is 7.78. The number of rotatable bonds is 7. The molecule has 0 saturated carbocycles. The van der Waals surface area contributed by atoms with Crippen LogP contribution in [0.5, 0.6) is 0 Å². The normalized spacial score (nSPS) is 20.8. The number of anilines is 3. The SMILES string of the molecule is CCc1ccccc1Nc1nc(N)nc(CN2CCN(C[C@@H]3CCCO3)CC2)n1. The number of para-hydroxylation sites is 1. The van der Waals surface area contributed by atoms with Crippen molar-refractivity contribution in [3.63, 3.8) is 0 Å². The van der Waals surface area contributed by atoms with Crippen molar-refractivity contribution in [1.29, 1.82) is 0 Å². The Morgan fingerprint density at radius 1 is 1.10 bits per heavy atom. The summed E-state index contributed by atoms with van der Waals surface area (Å²) in [7, 11) is 0. The smallest absolute Gasteiger partial charge is 0.232 e. The van der Waals surface area contributed by atoms with Crippen LogP contribution in [0, 0.1) is 0 Å². The van der Waals surface area contributed by atoms with Gasteiger partial charge in [-0.05, 0) is 30.9 Å². The van der Waals surface area contributed by atoms with Crippen LogP contribution >= 0.6 is 0 Å². The topological polar surface area (TPSA) is 92.4 Å². The first-order valence-electron chi connectivity index (χ1n) is 10.6. The van der Waals surface area contributed by atoms with Gasteiger partial charge in [0, 0.05) is 45.0 Å². The van der Waals surface area contributed by atoms with Crippen LogP contribution in [-0.2, 0) is 17.7 Å². The molecular weight excluding hydrogens is 366 g/mol. The quantitative estimate of drug-likeness (QED) is 0.733. The van der Waals surface area contributed by atoms with E-state index >= 15 is 0 Å². The Morgan fingerprint density at radius 2 is 1.90 bits per heavy atom. The molecule has 0 aliphatic carbocycles. The number of nitrogens with two attached hydrogens (primary N) is 1. The van der Waals surface area contributed by atoms with E-state index in [2.05, 4.69) is 43.1 Å². The van der Waals surface area contributed by atoms with E-state index in [-0.39, 0.29) is 5.95 Å². The van der Waals surface area contributed by atoms with Crippen LogP contribution in [0.4, 0.5) is 17.6 Å². The number of nitrogen functional groups attached to an aromatic ring is 1. The van der Waals surface area contributed by atoms with Crippen molar-refractivity contribution >= 4 is 17.6 Å². The third-order valence-electron chi connectivity index (χ3n) is 5.66. The standard InChI is InChI=1S/C21H31N7O/c1-2-16-6-3-4-8-18(16)23-21-25-19(24-20(22)26-21)15-28-11-9-27(10-12-28)14-17-7-5-13-29-17/h3-4,6,8,17H,2,5,7,9-15H2,1H3,(H3,22,23,24,25,26)/t17-/m0/s1. The Kier molecular flexibility index (Phi) is 6.53. The molecule has 3 heterocycles. The van der Waals surface area contributed by atoms with Gasteiger partial charge in [0.2, 0.25) is 11.9 Å².